The van der Waals surface area contributed by atoms with E-state index in [1.807, 2.05) is 0 Å². The fraction of sp³-hybridized carbons (Fsp3) is 0.478. The van der Waals surface area contributed by atoms with Gasteiger partial charge in [0.2, 0.25) is 0 Å². The first-order chi connectivity index (χ1) is 17.4. The van der Waals surface area contributed by atoms with Crippen molar-refractivity contribution in [2.24, 2.45) is 0 Å². The number of imidazole rings is 1. The summed E-state index contributed by atoms with van der Waals surface area (Å²) in [7, 11) is 1.57. The zero-order valence-corrected chi connectivity index (χ0v) is 20.1. The molecule has 0 radical (unpaired) electrons. The van der Waals surface area contributed by atoms with Crippen molar-refractivity contribution < 1.29 is 37.6 Å². The number of nitrogens with zero attached hydrogens (tertiary/aromatic N) is 2. The second-order valence-electron chi connectivity index (χ2n) is 8.47. The molecular weight excluding hydrogens is 502 g/mol. The van der Waals surface area contributed by atoms with Crippen LogP contribution in [-0.4, -0.2) is 78.0 Å². The number of aromatic amines is 1. The molecular formula is C23H25ClF2N4O6. The molecule has 0 amide bonds. The highest BCUT2D eigenvalue weighted by molar-refractivity contribution is 6.33. The van der Waals surface area contributed by atoms with Crippen molar-refractivity contribution in [3.05, 3.63) is 40.4 Å². The van der Waals surface area contributed by atoms with Gasteiger partial charge in [0.1, 0.15) is 41.5 Å². The quantitative estimate of drug-likeness (QED) is 0.342. The van der Waals surface area contributed by atoms with Crippen LogP contribution in [0.25, 0.3) is 11.2 Å². The number of aromatic nitrogens is 3. The van der Waals surface area contributed by atoms with Gasteiger partial charge in [-0.05, 0) is 6.07 Å². The van der Waals surface area contributed by atoms with E-state index in [1.54, 1.807) is 13.2 Å². The molecule has 5 rings (SSSR count). The lowest BCUT2D eigenvalue weighted by atomic mass is 10.1. The van der Waals surface area contributed by atoms with Crippen molar-refractivity contribution >= 4 is 28.6 Å². The minimum Gasteiger partial charge on any atom is -0.493 e. The van der Waals surface area contributed by atoms with Crippen molar-refractivity contribution in [1.82, 2.24) is 15.0 Å². The van der Waals surface area contributed by atoms with Crippen LogP contribution in [0.4, 0.5) is 14.6 Å². The number of benzene rings is 1. The SMILES string of the molecule is COCCCOc1cc(F)c(CNc2nc3nc(O[C@@H]4CO[C@H]5[C@@H]4OC[C@H]5O)[nH]c3cc2Cl)c(F)c1. The third-order valence-corrected chi connectivity index (χ3v) is 6.25. The minimum absolute atomic E-state index is 0.1000. The fourth-order valence-electron chi connectivity index (χ4n) is 4.16. The Morgan fingerprint density at radius 3 is 2.69 bits per heavy atom. The molecule has 10 nitrogen and oxygen atoms in total. The summed E-state index contributed by atoms with van der Waals surface area (Å²) in [5, 5.41) is 13.0. The maximum absolute atomic E-state index is 14.5. The first kappa shape index (κ1) is 24.9. The van der Waals surface area contributed by atoms with E-state index in [9.17, 15) is 13.9 Å². The topological polar surface area (TPSA) is 120 Å². The number of halogens is 3. The summed E-state index contributed by atoms with van der Waals surface area (Å²) < 4.78 is 56.4. The molecule has 0 aliphatic carbocycles. The number of H-pyrrole nitrogens is 1. The Labute approximate surface area is 209 Å². The van der Waals surface area contributed by atoms with Gasteiger partial charge in [-0.25, -0.2) is 13.8 Å². The summed E-state index contributed by atoms with van der Waals surface area (Å²) in [5.74, 6) is -1.21. The lowest BCUT2D eigenvalue weighted by molar-refractivity contribution is 0.00706. The molecule has 1 aromatic carbocycles. The zero-order valence-electron chi connectivity index (χ0n) is 19.3. The smallest absolute Gasteiger partial charge is 0.296 e. The van der Waals surface area contributed by atoms with E-state index < -0.39 is 36.1 Å². The number of hydrogen-bond donors (Lipinski definition) is 3. The van der Waals surface area contributed by atoms with Crippen LogP contribution in [0, 0.1) is 11.6 Å². The van der Waals surface area contributed by atoms with Gasteiger partial charge in [0, 0.05) is 44.4 Å². The second kappa shape index (κ2) is 10.7. The van der Waals surface area contributed by atoms with Gasteiger partial charge in [-0.15, -0.1) is 0 Å². The van der Waals surface area contributed by atoms with Crippen molar-refractivity contribution in [2.45, 2.75) is 37.4 Å². The molecule has 13 heteroatoms. The Bertz CT molecular complexity index is 1210. The summed E-state index contributed by atoms with van der Waals surface area (Å²) in [6, 6.07) is 4.03. The zero-order chi connectivity index (χ0) is 25.2. The number of ether oxygens (including phenoxy) is 5. The highest BCUT2D eigenvalue weighted by atomic mass is 35.5. The Morgan fingerprint density at radius 2 is 1.92 bits per heavy atom. The number of anilines is 1. The largest absolute Gasteiger partial charge is 0.493 e. The maximum atomic E-state index is 14.5. The highest BCUT2D eigenvalue weighted by Gasteiger charge is 2.48. The number of pyridine rings is 1. The van der Waals surface area contributed by atoms with E-state index in [0.717, 1.165) is 12.1 Å². The summed E-state index contributed by atoms with van der Waals surface area (Å²) in [6.07, 6.45) is -1.36. The molecule has 36 heavy (non-hydrogen) atoms. The summed E-state index contributed by atoms with van der Waals surface area (Å²) >= 11 is 6.33. The number of fused-ring (bicyclic) bond motifs is 2. The number of rotatable bonds is 10. The molecule has 2 aromatic heterocycles. The second-order valence-corrected chi connectivity index (χ2v) is 8.87. The summed E-state index contributed by atoms with van der Waals surface area (Å²) in [4.78, 5) is 11.7. The molecule has 2 aliphatic rings. The van der Waals surface area contributed by atoms with Gasteiger partial charge in [-0.1, -0.05) is 11.6 Å². The molecule has 0 unspecified atom stereocenters. The van der Waals surface area contributed by atoms with E-state index >= 15 is 0 Å². The number of hydrogen-bond acceptors (Lipinski definition) is 9. The molecule has 3 aromatic rings. The third kappa shape index (κ3) is 5.18. The van der Waals surface area contributed by atoms with Crippen LogP contribution in [0.1, 0.15) is 12.0 Å². The van der Waals surface area contributed by atoms with Crippen molar-refractivity contribution in [1.29, 1.82) is 0 Å². The van der Waals surface area contributed by atoms with Gasteiger partial charge in [0.05, 0.1) is 30.4 Å². The van der Waals surface area contributed by atoms with Crippen molar-refractivity contribution in [2.75, 3.05) is 38.9 Å². The molecule has 194 valence electrons. The maximum Gasteiger partial charge on any atom is 0.296 e. The molecule has 2 aliphatic heterocycles. The molecule has 4 atom stereocenters. The Morgan fingerprint density at radius 1 is 1.14 bits per heavy atom. The van der Waals surface area contributed by atoms with E-state index in [-0.39, 0.29) is 54.5 Å². The molecule has 0 spiro atoms. The van der Waals surface area contributed by atoms with Crippen LogP contribution in [0.3, 0.4) is 0 Å². The Kier molecular flexibility index (Phi) is 7.39. The first-order valence-corrected chi connectivity index (χ1v) is 11.8. The standard InChI is InChI=1S/C23H25ClF2N4O6/c1-32-3-2-4-33-11-5-14(25)12(15(26)6-11)8-27-21-13(24)7-16-22(29-21)30-23(28-16)36-18-10-35-19-17(31)9-34-20(18)19/h5-7,17-20,31H,2-4,8-10H2,1H3,(H2,27,28,29,30)/t17-,18-,19-,20-/m1/s1. The third-order valence-electron chi connectivity index (χ3n) is 5.96. The van der Waals surface area contributed by atoms with Crippen molar-refractivity contribution in [3.8, 4) is 11.8 Å². The minimum atomic E-state index is -0.756. The van der Waals surface area contributed by atoms with Crippen LogP contribution < -0.4 is 14.8 Å². The normalized spacial score (nSPS) is 23.2. The molecule has 3 N–H and O–H groups in total. The first-order valence-electron chi connectivity index (χ1n) is 11.4. The number of aliphatic hydroxyl groups excluding tert-OH is 1. The van der Waals surface area contributed by atoms with Crippen molar-refractivity contribution in [3.63, 3.8) is 0 Å². The number of nitrogens with one attached hydrogen (secondary N) is 2. The summed E-state index contributed by atoms with van der Waals surface area (Å²) in [6.45, 7) is 1.01. The van der Waals surface area contributed by atoms with Crippen LogP contribution in [0.5, 0.6) is 11.8 Å². The molecule has 2 fully saturated rings. The van der Waals surface area contributed by atoms with Gasteiger partial charge in [-0.3, -0.25) is 0 Å². The van der Waals surface area contributed by atoms with Gasteiger partial charge < -0.3 is 39.1 Å². The molecule has 2 saturated heterocycles. The molecule has 0 saturated carbocycles. The lowest BCUT2D eigenvalue weighted by Crippen LogP contribution is -2.34. The van der Waals surface area contributed by atoms with Crippen LogP contribution in [0.2, 0.25) is 5.02 Å². The number of aliphatic hydroxyl groups is 1. The average Bonchev–Trinajstić information content (AvgIpc) is 3.53. The Hall–Kier alpha value is -2.77. The van der Waals surface area contributed by atoms with Gasteiger partial charge in [0.15, 0.2) is 11.8 Å². The molecule has 4 heterocycles. The Balaban J connectivity index is 1.25. The average molecular weight is 527 g/mol. The highest BCUT2D eigenvalue weighted by Crippen LogP contribution is 2.31. The van der Waals surface area contributed by atoms with Crippen LogP contribution in [-0.2, 0) is 20.8 Å². The van der Waals surface area contributed by atoms with Gasteiger partial charge in [0.25, 0.3) is 6.01 Å². The predicted octanol–water partition coefficient (Wildman–Crippen LogP) is 2.82. The van der Waals surface area contributed by atoms with Crippen LogP contribution in [0.15, 0.2) is 18.2 Å². The number of methoxy groups -OCH3 is 1. The van der Waals surface area contributed by atoms with Crippen LogP contribution >= 0.6 is 11.6 Å². The molecule has 0 bridgehead atoms. The van der Waals surface area contributed by atoms with Gasteiger partial charge in [-0.2, -0.15) is 4.98 Å². The predicted molar refractivity (Wildman–Crippen MR) is 124 cm³/mol. The fourth-order valence-corrected chi connectivity index (χ4v) is 4.38. The van der Waals surface area contributed by atoms with E-state index in [1.165, 1.54) is 0 Å². The van der Waals surface area contributed by atoms with E-state index in [4.69, 9.17) is 35.3 Å². The van der Waals surface area contributed by atoms with E-state index in [2.05, 4.69) is 20.3 Å². The monoisotopic (exact) mass is 526 g/mol. The lowest BCUT2D eigenvalue weighted by Gasteiger charge is -2.15. The summed E-state index contributed by atoms with van der Waals surface area (Å²) in [5.41, 5.74) is 0.619. The van der Waals surface area contributed by atoms with E-state index in [0.29, 0.717) is 24.2 Å². The van der Waals surface area contributed by atoms with Gasteiger partial charge >= 0.3 is 0 Å².